The fourth-order valence-electron chi connectivity index (χ4n) is 3.18. The van der Waals surface area contributed by atoms with Gasteiger partial charge in [0.15, 0.2) is 5.78 Å². The number of carbonyl (C=O) groups excluding carboxylic acids is 1. The molecule has 28 heavy (non-hydrogen) atoms. The molecule has 2 aromatic rings. The lowest BCUT2D eigenvalue weighted by Crippen LogP contribution is -2.41. The predicted molar refractivity (Wildman–Crippen MR) is 108 cm³/mol. The average molecular weight is 384 g/mol. The van der Waals surface area contributed by atoms with Gasteiger partial charge in [0.25, 0.3) is 0 Å². The fraction of sp³-hybridized carbons (Fsp3) is 0.409. The molecule has 148 valence electrons. The topological polar surface area (TPSA) is 44.8 Å². The summed E-state index contributed by atoms with van der Waals surface area (Å²) in [6.07, 6.45) is 0. The standard InChI is InChI=1S/C22H26BFO4/c1-13-10-17(24)11-14(2)20(13)26-19-9-8-16(15(3)25)12-18(19)23-27-21(4,5)22(6,7)28-23/h8-12H,1-7H3. The summed E-state index contributed by atoms with van der Waals surface area (Å²) in [7, 11) is -0.680. The number of ether oxygens (including phenoxy) is 1. The minimum absolute atomic E-state index is 0.0570. The van der Waals surface area contributed by atoms with E-state index in [9.17, 15) is 9.18 Å². The van der Waals surface area contributed by atoms with E-state index in [2.05, 4.69) is 0 Å². The van der Waals surface area contributed by atoms with Gasteiger partial charge in [0, 0.05) is 11.0 Å². The van der Waals surface area contributed by atoms with Crippen molar-refractivity contribution < 1.29 is 23.2 Å². The van der Waals surface area contributed by atoms with Crippen LogP contribution >= 0.6 is 0 Å². The molecule has 0 amide bonds. The van der Waals surface area contributed by atoms with Crippen LogP contribution < -0.4 is 10.2 Å². The molecule has 1 fully saturated rings. The molecule has 2 aromatic carbocycles. The summed E-state index contributed by atoms with van der Waals surface area (Å²) in [6.45, 7) is 13.0. The van der Waals surface area contributed by atoms with Crippen LogP contribution in [0.5, 0.6) is 11.5 Å². The summed E-state index contributed by atoms with van der Waals surface area (Å²) >= 11 is 0. The maximum atomic E-state index is 13.7. The number of Topliss-reactive ketones (excluding diaryl/α,β-unsaturated/α-hetero) is 1. The highest BCUT2D eigenvalue weighted by Gasteiger charge is 2.52. The third-order valence-corrected chi connectivity index (χ3v) is 5.56. The van der Waals surface area contributed by atoms with Crippen molar-refractivity contribution in [2.45, 2.75) is 59.7 Å². The minimum Gasteiger partial charge on any atom is -0.457 e. The maximum absolute atomic E-state index is 13.7. The van der Waals surface area contributed by atoms with Crippen molar-refractivity contribution in [3.8, 4) is 11.5 Å². The van der Waals surface area contributed by atoms with Gasteiger partial charge < -0.3 is 14.0 Å². The second kappa shape index (κ2) is 7.01. The zero-order valence-electron chi connectivity index (χ0n) is 17.5. The molecule has 3 rings (SSSR count). The van der Waals surface area contributed by atoms with E-state index >= 15 is 0 Å². The molecule has 1 aliphatic heterocycles. The van der Waals surface area contributed by atoms with E-state index in [1.807, 2.05) is 27.7 Å². The molecule has 0 N–H and O–H groups in total. The van der Waals surface area contributed by atoms with Crippen LogP contribution in [0.15, 0.2) is 30.3 Å². The fourth-order valence-corrected chi connectivity index (χ4v) is 3.18. The molecule has 0 spiro atoms. The Morgan fingerprint density at radius 2 is 1.54 bits per heavy atom. The van der Waals surface area contributed by atoms with Crippen molar-refractivity contribution in [1.82, 2.24) is 0 Å². The van der Waals surface area contributed by atoms with E-state index in [-0.39, 0.29) is 11.6 Å². The van der Waals surface area contributed by atoms with E-state index in [0.717, 1.165) is 0 Å². The summed E-state index contributed by atoms with van der Waals surface area (Å²) in [5.41, 5.74) is 1.51. The molecule has 0 saturated carbocycles. The van der Waals surface area contributed by atoms with Gasteiger partial charge >= 0.3 is 7.12 Å². The van der Waals surface area contributed by atoms with Crippen LogP contribution in [0.4, 0.5) is 4.39 Å². The third kappa shape index (κ3) is 3.71. The molecule has 0 aliphatic carbocycles. The highest BCUT2D eigenvalue weighted by molar-refractivity contribution is 6.63. The Balaban J connectivity index is 2.07. The van der Waals surface area contributed by atoms with E-state index in [4.69, 9.17) is 14.0 Å². The first-order chi connectivity index (χ1) is 12.9. The zero-order chi connectivity index (χ0) is 20.9. The van der Waals surface area contributed by atoms with Gasteiger partial charge in [-0.05, 0) is 89.9 Å². The molecule has 1 saturated heterocycles. The van der Waals surface area contributed by atoms with Crippen LogP contribution in [-0.4, -0.2) is 24.1 Å². The van der Waals surface area contributed by atoms with E-state index < -0.39 is 18.3 Å². The molecule has 0 aromatic heterocycles. The Bertz CT molecular complexity index is 897. The largest absolute Gasteiger partial charge is 0.498 e. The first-order valence-corrected chi connectivity index (χ1v) is 9.36. The van der Waals surface area contributed by atoms with Crippen molar-refractivity contribution >= 4 is 18.4 Å². The summed E-state index contributed by atoms with van der Waals surface area (Å²) in [4.78, 5) is 11.9. The smallest absolute Gasteiger partial charge is 0.457 e. The number of halogens is 1. The van der Waals surface area contributed by atoms with Crippen LogP contribution in [0, 0.1) is 19.7 Å². The van der Waals surface area contributed by atoms with Gasteiger partial charge in [-0.1, -0.05) is 0 Å². The lowest BCUT2D eigenvalue weighted by Gasteiger charge is -2.32. The van der Waals surface area contributed by atoms with Gasteiger partial charge in [-0.15, -0.1) is 0 Å². The van der Waals surface area contributed by atoms with Gasteiger partial charge in [0.1, 0.15) is 17.3 Å². The molecule has 4 nitrogen and oxygen atoms in total. The molecular weight excluding hydrogens is 358 g/mol. The maximum Gasteiger partial charge on any atom is 0.498 e. The first kappa shape index (κ1) is 20.6. The first-order valence-electron chi connectivity index (χ1n) is 9.36. The van der Waals surface area contributed by atoms with Gasteiger partial charge in [-0.25, -0.2) is 4.39 Å². The lowest BCUT2D eigenvalue weighted by atomic mass is 9.77. The number of aryl methyl sites for hydroxylation is 2. The van der Waals surface area contributed by atoms with E-state index in [0.29, 0.717) is 33.7 Å². The molecule has 0 bridgehead atoms. The number of ketones is 1. The van der Waals surface area contributed by atoms with E-state index in [1.165, 1.54) is 19.1 Å². The normalized spacial score (nSPS) is 17.6. The summed E-state index contributed by atoms with van der Waals surface area (Å²) < 4.78 is 32.2. The van der Waals surface area contributed by atoms with E-state index in [1.54, 1.807) is 32.0 Å². The number of benzene rings is 2. The van der Waals surface area contributed by atoms with Crippen LogP contribution in [0.3, 0.4) is 0 Å². The van der Waals surface area contributed by atoms with Gasteiger partial charge in [-0.3, -0.25) is 4.79 Å². The summed E-state index contributed by atoms with van der Waals surface area (Å²) in [5.74, 6) is 0.731. The van der Waals surface area contributed by atoms with Gasteiger partial charge in [-0.2, -0.15) is 0 Å². The Hall–Kier alpha value is -2.18. The van der Waals surface area contributed by atoms with Crippen LogP contribution in [0.1, 0.15) is 56.1 Å². The van der Waals surface area contributed by atoms with Crippen molar-refractivity contribution in [3.63, 3.8) is 0 Å². The van der Waals surface area contributed by atoms with Crippen LogP contribution in [0.25, 0.3) is 0 Å². The van der Waals surface area contributed by atoms with Crippen molar-refractivity contribution in [2.75, 3.05) is 0 Å². The summed E-state index contributed by atoms with van der Waals surface area (Å²) in [6, 6.07) is 8.05. The van der Waals surface area contributed by atoms with Crippen LogP contribution in [0.2, 0.25) is 0 Å². The minimum atomic E-state index is -0.680. The Morgan fingerprint density at radius 3 is 2.04 bits per heavy atom. The molecule has 0 radical (unpaired) electrons. The highest BCUT2D eigenvalue weighted by atomic mass is 19.1. The molecule has 0 unspecified atom stereocenters. The third-order valence-electron chi connectivity index (χ3n) is 5.56. The Labute approximate surface area is 166 Å². The molecule has 1 aliphatic rings. The molecule has 0 atom stereocenters. The quantitative estimate of drug-likeness (QED) is 0.565. The second-order valence-electron chi connectivity index (χ2n) is 8.37. The monoisotopic (exact) mass is 384 g/mol. The van der Waals surface area contributed by atoms with Gasteiger partial charge in [0.05, 0.1) is 11.2 Å². The second-order valence-corrected chi connectivity index (χ2v) is 8.37. The van der Waals surface area contributed by atoms with Crippen LogP contribution in [-0.2, 0) is 9.31 Å². The highest BCUT2D eigenvalue weighted by Crippen LogP contribution is 2.38. The molecule has 1 heterocycles. The lowest BCUT2D eigenvalue weighted by molar-refractivity contribution is 0.00578. The number of hydrogen-bond acceptors (Lipinski definition) is 4. The number of rotatable bonds is 4. The predicted octanol–water partition coefficient (Wildman–Crippen LogP) is 4.74. The average Bonchev–Trinajstić information content (AvgIpc) is 2.78. The van der Waals surface area contributed by atoms with Crippen molar-refractivity contribution in [3.05, 3.63) is 52.8 Å². The Kier molecular flexibility index (Phi) is 5.15. The number of hydrogen-bond donors (Lipinski definition) is 0. The molecular formula is C22H26BFO4. The molecule has 6 heteroatoms. The Morgan fingerprint density at radius 1 is 1.00 bits per heavy atom. The van der Waals surface area contributed by atoms with Crippen molar-refractivity contribution in [2.24, 2.45) is 0 Å². The van der Waals surface area contributed by atoms with Gasteiger partial charge in [0.2, 0.25) is 0 Å². The number of carbonyl (C=O) groups is 1. The van der Waals surface area contributed by atoms with Crippen molar-refractivity contribution in [1.29, 1.82) is 0 Å². The summed E-state index contributed by atoms with van der Waals surface area (Å²) in [5, 5.41) is 0. The zero-order valence-corrected chi connectivity index (χ0v) is 17.5. The SMILES string of the molecule is CC(=O)c1ccc(Oc2c(C)cc(F)cc2C)c(B2OC(C)(C)C(C)(C)O2)c1.